The van der Waals surface area contributed by atoms with E-state index < -0.39 is 10.8 Å². The Kier molecular flexibility index (Phi) is 8.41. The maximum atomic E-state index is 2.56. The fraction of sp³-hybridized carbons (Fsp3) is 0.147. The van der Waals surface area contributed by atoms with Gasteiger partial charge in [0.1, 0.15) is 0 Å². The molecule has 0 fully saturated rings. The van der Waals surface area contributed by atoms with Crippen LogP contribution in [-0.4, -0.2) is 0 Å². The van der Waals surface area contributed by atoms with E-state index >= 15 is 0 Å². The molecule has 1 nitrogen and oxygen atoms in total. The lowest BCUT2D eigenvalue weighted by Crippen LogP contribution is -2.47. The van der Waals surface area contributed by atoms with E-state index in [-0.39, 0.29) is 22.7 Å². The van der Waals surface area contributed by atoms with Gasteiger partial charge in [-0.15, -0.1) is 0 Å². The van der Waals surface area contributed by atoms with Gasteiger partial charge in [0, 0.05) is 39.7 Å². The molecule has 2 atom stereocenters. The van der Waals surface area contributed by atoms with Crippen LogP contribution in [0, 0.1) is 5.92 Å². The monoisotopic (exact) mass is 883 g/mol. The van der Waals surface area contributed by atoms with Gasteiger partial charge in [-0.1, -0.05) is 228 Å². The lowest BCUT2D eigenvalue weighted by atomic mass is 9.50. The Hall–Kier alpha value is -7.74. The van der Waals surface area contributed by atoms with Crippen LogP contribution in [0.1, 0.15) is 100 Å². The molecule has 14 rings (SSSR count). The van der Waals surface area contributed by atoms with Gasteiger partial charge in [-0.2, -0.15) is 0 Å². The molecule has 9 aromatic carbocycles. The first kappa shape index (κ1) is 40.3. The van der Waals surface area contributed by atoms with Gasteiger partial charge in [-0.25, -0.2) is 0 Å². The molecule has 2 unspecified atom stereocenters. The van der Waals surface area contributed by atoms with Crippen LogP contribution in [0.4, 0.5) is 17.1 Å². The van der Waals surface area contributed by atoms with Crippen LogP contribution in [-0.2, 0) is 21.7 Å². The first-order chi connectivity index (χ1) is 33.7. The van der Waals surface area contributed by atoms with Crippen molar-refractivity contribution in [1.29, 1.82) is 0 Å². The largest absolute Gasteiger partial charge is 0.310 e. The third-order valence-corrected chi connectivity index (χ3v) is 17.3. The molecule has 0 radical (unpaired) electrons. The summed E-state index contributed by atoms with van der Waals surface area (Å²) < 4.78 is 0. The van der Waals surface area contributed by atoms with Crippen LogP contribution in [0.25, 0.3) is 22.3 Å². The van der Waals surface area contributed by atoms with Crippen LogP contribution >= 0.6 is 0 Å². The zero-order valence-electron chi connectivity index (χ0n) is 39.6. The molecule has 0 aromatic heterocycles. The molecule has 0 bridgehead atoms. The van der Waals surface area contributed by atoms with E-state index in [1.165, 1.54) is 106 Å². The molecule has 0 saturated heterocycles. The van der Waals surface area contributed by atoms with Crippen molar-refractivity contribution in [3.05, 3.63) is 303 Å². The van der Waals surface area contributed by atoms with E-state index in [2.05, 4.69) is 269 Å². The second-order valence-electron chi connectivity index (χ2n) is 21.1. The van der Waals surface area contributed by atoms with E-state index in [1.54, 1.807) is 0 Å². The van der Waals surface area contributed by atoms with Gasteiger partial charge in [-0.05, 0) is 125 Å². The second kappa shape index (κ2) is 14.4. The first-order valence-corrected chi connectivity index (χ1v) is 24.8. The lowest BCUT2D eigenvalue weighted by Gasteiger charge is -2.51. The molecular weight excluding hydrogens is 831 g/mol. The van der Waals surface area contributed by atoms with E-state index in [0.717, 1.165) is 0 Å². The number of nitrogens with zero attached hydrogens (tertiary/aromatic N) is 1. The van der Waals surface area contributed by atoms with Crippen LogP contribution < -0.4 is 4.90 Å². The Bertz CT molecular complexity index is 3440. The zero-order valence-corrected chi connectivity index (χ0v) is 39.6. The summed E-state index contributed by atoms with van der Waals surface area (Å²) in [5, 5.41) is 0. The predicted molar refractivity (Wildman–Crippen MR) is 285 cm³/mol. The molecule has 9 aromatic rings. The standard InChI is InChI=1S/C68H53N/c1-65(2)55-28-14-11-25-49(55)52-38-35-47(42-63(52)65)69(48-36-39-53-50-26-12-15-29-56(50)66(3,4)64(53)43-48)46-37-40-58-54(41-46)51-27-13-16-30-57(51)68(58)61-33-19-17-31-59(61)67(44-21-7-5-8-22-44,45-23-9-6-10-24-45)60-32-18-20-34-62(60)68/h5-43,51,57H,1-4H3. The van der Waals surface area contributed by atoms with Crippen molar-refractivity contribution in [2.75, 3.05) is 4.90 Å². The van der Waals surface area contributed by atoms with Gasteiger partial charge in [0.15, 0.2) is 0 Å². The number of hydrogen-bond acceptors (Lipinski definition) is 1. The van der Waals surface area contributed by atoms with Gasteiger partial charge >= 0.3 is 0 Å². The van der Waals surface area contributed by atoms with Crippen molar-refractivity contribution in [1.82, 2.24) is 0 Å². The van der Waals surface area contributed by atoms with Crippen molar-refractivity contribution >= 4 is 17.1 Å². The van der Waals surface area contributed by atoms with Crippen LogP contribution in [0.3, 0.4) is 0 Å². The van der Waals surface area contributed by atoms with Crippen molar-refractivity contribution in [3.8, 4) is 22.3 Å². The van der Waals surface area contributed by atoms with Crippen molar-refractivity contribution in [2.24, 2.45) is 5.92 Å². The highest BCUT2D eigenvalue weighted by Gasteiger charge is 2.60. The summed E-state index contributed by atoms with van der Waals surface area (Å²) in [6.07, 6.45) is 9.60. The van der Waals surface area contributed by atoms with Crippen molar-refractivity contribution in [3.63, 3.8) is 0 Å². The number of benzene rings is 9. The Balaban J connectivity index is 1.02. The SMILES string of the molecule is CC1(C)c2ccccc2-c2ccc(N(c3ccc4c(c3)C3C=CC=CC3C43c4ccccc4C(c4ccccc4)(c4ccccc4)c4ccccc43)c3ccc4c(c3)C(C)(C)c3ccccc3-4)cc21. The van der Waals surface area contributed by atoms with E-state index in [4.69, 9.17) is 0 Å². The van der Waals surface area contributed by atoms with Gasteiger partial charge in [0.2, 0.25) is 0 Å². The highest BCUT2D eigenvalue weighted by Crippen LogP contribution is 2.67. The van der Waals surface area contributed by atoms with Gasteiger partial charge < -0.3 is 4.90 Å². The smallest absolute Gasteiger partial charge is 0.0707 e. The molecular formula is C68H53N. The third kappa shape index (κ3) is 5.20. The molecule has 1 spiro atoms. The second-order valence-corrected chi connectivity index (χ2v) is 21.1. The highest BCUT2D eigenvalue weighted by atomic mass is 15.1. The average Bonchev–Trinajstić information content (AvgIpc) is 3.91. The quantitative estimate of drug-likeness (QED) is 0.166. The van der Waals surface area contributed by atoms with Crippen molar-refractivity contribution < 1.29 is 0 Å². The van der Waals surface area contributed by atoms with Crippen LogP contribution in [0.2, 0.25) is 0 Å². The zero-order chi connectivity index (χ0) is 46.3. The average molecular weight is 884 g/mol. The topological polar surface area (TPSA) is 3.24 Å². The number of allylic oxidation sites excluding steroid dienone is 4. The Morgan fingerprint density at radius 2 is 0.739 bits per heavy atom. The van der Waals surface area contributed by atoms with E-state index in [1.807, 2.05) is 0 Å². The molecule has 0 amide bonds. The fourth-order valence-corrected chi connectivity index (χ4v) is 14.3. The molecule has 1 heteroatoms. The van der Waals surface area contributed by atoms with Gasteiger partial charge in [0.05, 0.1) is 10.8 Å². The third-order valence-electron chi connectivity index (χ3n) is 17.3. The molecule has 5 aliphatic rings. The highest BCUT2D eigenvalue weighted by molar-refractivity contribution is 5.89. The molecule has 0 saturated carbocycles. The Labute approximate surface area is 406 Å². The Morgan fingerprint density at radius 3 is 1.26 bits per heavy atom. The number of fused-ring (bicyclic) bond motifs is 15. The fourth-order valence-electron chi connectivity index (χ4n) is 14.3. The number of rotatable bonds is 5. The molecule has 69 heavy (non-hydrogen) atoms. The molecule has 5 aliphatic carbocycles. The van der Waals surface area contributed by atoms with Crippen molar-refractivity contribution in [2.45, 2.75) is 55.3 Å². The molecule has 0 aliphatic heterocycles. The minimum absolute atomic E-state index is 0.136. The van der Waals surface area contributed by atoms with Gasteiger partial charge in [0.25, 0.3) is 0 Å². The molecule has 0 N–H and O–H groups in total. The summed E-state index contributed by atoms with van der Waals surface area (Å²) in [4.78, 5) is 2.56. The summed E-state index contributed by atoms with van der Waals surface area (Å²) >= 11 is 0. The van der Waals surface area contributed by atoms with Gasteiger partial charge in [-0.3, -0.25) is 0 Å². The summed E-state index contributed by atoms with van der Waals surface area (Å²) in [6, 6.07) is 81.3. The number of anilines is 3. The van der Waals surface area contributed by atoms with Crippen LogP contribution in [0.15, 0.2) is 237 Å². The Morgan fingerprint density at radius 1 is 0.333 bits per heavy atom. The van der Waals surface area contributed by atoms with Crippen LogP contribution in [0.5, 0.6) is 0 Å². The maximum absolute atomic E-state index is 2.56. The molecule has 330 valence electrons. The summed E-state index contributed by atoms with van der Waals surface area (Å²) in [5.41, 5.74) is 24.0. The van der Waals surface area contributed by atoms with E-state index in [9.17, 15) is 0 Å². The number of hydrogen-bond donors (Lipinski definition) is 0. The predicted octanol–water partition coefficient (Wildman–Crippen LogP) is 16.6. The summed E-state index contributed by atoms with van der Waals surface area (Å²) in [7, 11) is 0. The lowest BCUT2D eigenvalue weighted by molar-refractivity contribution is 0.431. The molecule has 0 heterocycles. The van der Waals surface area contributed by atoms with E-state index in [0.29, 0.717) is 0 Å². The summed E-state index contributed by atoms with van der Waals surface area (Å²) in [6.45, 7) is 9.57. The normalized spacial score (nSPS) is 19.1. The minimum atomic E-state index is -0.522. The minimum Gasteiger partial charge on any atom is -0.310 e. The first-order valence-electron chi connectivity index (χ1n) is 24.8. The maximum Gasteiger partial charge on any atom is 0.0707 e. The summed E-state index contributed by atoms with van der Waals surface area (Å²) in [5.74, 6) is 0.322.